The van der Waals surface area contributed by atoms with Gasteiger partial charge in [-0.3, -0.25) is 9.69 Å². The third kappa shape index (κ3) is 4.70. The second kappa shape index (κ2) is 7.01. The molecule has 0 aliphatic heterocycles. The summed E-state index contributed by atoms with van der Waals surface area (Å²) in [6, 6.07) is 10.6. The molecule has 2 rings (SSSR count). The van der Waals surface area contributed by atoms with Crippen LogP contribution in [0.2, 0.25) is 0 Å². The van der Waals surface area contributed by atoms with Crippen LogP contribution in [0.1, 0.15) is 25.3 Å². The molecule has 0 aromatic heterocycles. The van der Waals surface area contributed by atoms with Gasteiger partial charge in [0, 0.05) is 26.3 Å². The van der Waals surface area contributed by atoms with Crippen molar-refractivity contribution in [2.24, 2.45) is 5.92 Å². The smallest absolute Gasteiger partial charge is 0.235 e. The van der Waals surface area contributed by atoms with Crippen molar-refractivity contribution in [3.8, 4) is 6.07 Å². The lowest BCUT2D eigenvalue weighted by Gasteiger charge is -2.25. The summed E-state index contributed by atoms with van der Waals surface area (Å²) in [5.41, 5.74) is 1.60. The van der Waals surface area contributed by atoms with Gasteiger partial charge in [-0.1, -0.05) is 12.1 Å². The van der Waals surface area contributed by atoms with Gasteiger partial charge in [0.1, 0.15) is 5.54 Å². The van der Waals surface area contributed by atoms with Crippen LogP contribution in [0.3, 0.4) is 0 Å². The molecule has 1 aromatic rings. The summed E-state index contributed by atoms with van der Waals surface area (Å²) in [5.74, 6) is 0.216. The summed E-state index contributed by atoms with van der Waals surface area (Å²) in [6.07, 6.45) is 2.05. The summed E-state index contributed by atoms with van der Waals surface area (Å²) in [5, 5.41) is 12.2. The van der Waals surface area contributed by atoms with E-state index in [0.29, 0.717) is 19.0 Å². The molecule has 1 atom stereocenters. The van der Waals surface area contributed by atoms with Crippen molar-refractivity contribution in [3.63, 3.8) is 0 Å². The topological polar surface area (TPSA) is 59.4 Å². The third-order valence-electron chi connectivity index (χ3n) is 4.34. The van der Waals surface area contributed by atoms with Gasteiger partial charge >= 0.3 is 0 Å². The summed E-state index contributed by atoms with van der Waals surface area (Å²) in [4.78, 5) is 16.2. The molecular formula is C18H26N4O. The summed E-state index contributed by atoms with van der Waals surface area (Å²) >= 11 is 0. The largest absolute Gasteiger partial charge is 0.378 e. The number of amides is 1. The Morgan fingerprint density at radius 2 is 1.91 bits per heavy atom. The van der Waals surface area contributed by atoms with Crippen LogP contribution < -0.4 is 10.2 Å². The Bertz CT molecular complexity index is 586. The van der Waals surface area contributed by atoms with E-state index in [1.54, 1.807) is 0 Å². The predicted molar refractivity (Wildman–Crippen MR) is 92.0 cm³/mol. The lowest BCUT2D eigenvalue weighted by Crippen LogP contribution is -2.49. The number of benzene rings is 1. The van der Waals surface area contributed by atoms with Crippen LogP contribution in [0.4, 0.5) is 5.69 Å². The van der Waals surface area contributed by atoms with Crippen LogP contribution in [0.25, 0.3) is 0 Å². The van der Waals surface area contributed by atoms with Crippen LogP contribution in [0.15, 0.2) is 24.3 Å². The molecule has 1 fully saturated rings. The molecule has 0 bridgehead atoms. The molecule has 1 aromatic carbocycles. The maximum Gasteiger partial charge on any atom is 0.235 e. The summed E-state index contributed by atoms with van der Waals surface area (Å²) in [7, 11) is 5.94. The van der Waals surface area contributed by atoms with Crippen LogP contribution in [-0.2, 0) is 11.3 Å². The first-order valence-corrected chi connectivity index (χ1v) is 8.01. The molecule has 1 aliphatic rings. The number of nitriles is 1. The van der Waals surface area contributed by atoms with Gasteiger partial charge in [-0.25, -0.2) is 0 Å². The first kappa shape index (κ1) is 17.3. The number of likely N-dealkylation sites (N-methyl/N-ethyl adjacent to an activating group) is 1. The van der Waals surface area contributed by atoms with E-state index in [1.807, 2.05) is 33.0 Å². The van der Waals surface area contributed by atoms with Gasteiger partial charge in [0.15, 0.2) is 0 Å². The molecule has 5 heteroatoms. The minimum atomic E-state index is -0.717. The molecular weight excluding hydrogens is 288 g/mol. The maximum absolute atomic E-state index is 12.2. The van der Waals surface area contributed by atoms with Crippen LogP contribution in [0.5, 0.6) is 0 Å². The molecule has 0 saturated heterocycles. The Hall–Kier alpha value is -2.06. The van der Waals surface area contributed by atoms with E-state index in [2.05, 4.69) is 40.6 Å². The standard InChI is InChI=1S/C18H26N4O/c1-18(13-19,15-7-8-15)20-17(23)12-22(4)11-14-5-9-16(10-6-14)21(2)3/h5-6,9-10,15H,7-8,11-12H2,1-4H3,(H,20,23)/t18-/m1/s1. The molecule has 0 spiro atoms. The molecule has 1 aliphatic carbocycles. The zero-order valence-corrected chi connectivity index (χ0v) is 14.5. The number of hydrogen-bond donors (Lipinski definition) is 1. The molecule has 1 saturated carbocycles. The number of nitrogens with one attached hydrogen (secondary N) is 1. The normalized spacial score (nSPS) is 16.5. The highest BCUT2D eigenvalue weighted by Gasteiger charge is 2.42. The van der Waals surface area contributed by atoms with Gasteiger partial charge in [-0.2, -0.15) is 5.26 Å². The first-order valence-electron chi connectivity index (χ1n) is 8.01. The fraction of sp³-hybridized carbons (Fsp3) is 0.556. The number of carbonyl (C=O) groups excluding carboxylic acids is 1. The fourth-order valence-electron chi connectivity index (χ4n) is 2.72. The Morgan fingerprint density at radius 3 is 2.39 bits per heavy atom. The first-order chi connectivity index (χ1) is 10.8. The average Bonchev–Trinajstić information content (AvgIpc) is 3.32. The van der Waals surface area contributed by atoms with E-state index in [4.69, 9.17) is 0 Å². The van der Waals surface area contributed by atoms with E-state index < -0.39 is 5.54 Å². The van der Waals surface area contributed by atoms with E-state index in [9.17, 15) is 10.1 Å². The molecule has 1 amide bonds. The van der Waals surface area contributed by atoms with Gasteiger partial charge < -0.3 is 10.2 Å². The Kier molecular flexibility index (Phi) is 5.27. The molecule has 5 nitrogen and oxygen atoms in total. The SMILES string of the molecule is CN(CC(=O)N[C@](C)(C#N)C1CC1)Cc1ccc(N(C)C)cc1. The van der Waals surface area contributed by atoms with Crippen LogP contribution in [0, 0.1) is 17.2 Å². The van der Waals surface area contributed by atoms with Gasteiger partial charge in [-0.05, 0) is 50.4 Å². The molecule has 124 valence electrons. The summed E-state index contributed by atoms with van der Waals surface area (Å²) in [6.45, 7) is 2.82. The molecule has 23 heavy (non-hydrogen) atoms. The molecule has 0 heterocycles. The lowest BCUT2D eigenvalue weighted by molar-refractivity contribution is -0.123. The quantitative estimate of drug-likeness (QED) is 0.836. The van der Waals surface area contributed by atoms with Crippen molar-refractivity contribution >= 4 is 11.6 Å². The number of anilines is 1. The fourth-order valence-corrected chi connectivity index (χ4v) is 2.72. The third-order valence-corrected chi connectivity index (χ3v) is 4.34. The highest BCUT2D eigenvalue weighted by molar-refractivity contribution is 5.79. The number of rotatable bonds is 7. The highest BCUT2D eigenvalue weighted by Crippen LogP contribution is 2.39. The van der Waals surface area contributed by atoms with Crippen LogP contribution in [-0.4, -0.2) is 44.0 Å². The molecule has 0 unspecified atom stereocenters. The van der Waals surface area contributed by atoms with Crippen molar-refractivity contribution in [3.05, 3.63) is 29.8 Å². The summed E-state index contributed by atoms with van der Waals surface area (Å²) < 4.78 is 0. The maximum atomic E-state index is 12.2. The lowest BCUT2D eigenvalue weighted by atomic mass is 9.98. The average molecular weight is 314 g/mol. The molecule has 0 radical (unpaired) electrons. The van der Waals surface area contributed by atoms with E-state index >= 15 is 0 Å². The Morgan fingerprint density at radius 1 is 1.30 bits per heavy atom. The highest BCUT2D eigenvalue weighted by atomic mass is 16.2. The zero-order chi connectivity index (χ0) is 17.0. The van der Waals surface area contributed by atoms with Crippen molar-refractivity contribution in [1.82, 2.24) is 10.2 Å². The van der Waals surface area contributed by atoms with E-state index in [0.717, 1.165) is 24.1 Å². The Balaban J connectivity index is 1.85. The molecule has 1 N–H and O–H groups in total. The monoisotopic (exact) mass is 314 g/mol. The van der Waals surface area contributed by atoms with E-state index in [1.165, 1.54) is 0 Å². The van der Waals surface area contributed by atoms with E-state index in [-0.39, 0.29) is 5.91 Å². The number of nitrogens with zero attached hydrogens (tertiary/aromatic N) is 3. The van der Waals surface area contributed by atoms with Crippen molar-refractivity contribution in [2.45, 2.75) is 31.8 Å². The predicted octanol–water partition coefficient (Wildman–Crippen LogP) is 1.99. The second-order valence-electron chi connectivity index (χ2n) is 6.87. The van der Waals surface area contributed by atoms with Crippen molar-refractivity contribution in [1.29, 1.82) is 5.26 Å². The number of hydrogen-bond acceptors (Lipinski definition) is 4. The minimum absolute atomic E-state index is 0.0895. The van der Waals surface area contributed by atoms with Crippen LogP contribution >= 0.6 is 0 Å². The second-order valence-corrected chi connectivity index (χ2v) is 6.87. The van der Waals surface area contributed by atoms with Gasteiger partial charge in [-0.15, -0.1) is 0 Å². The van der Waals surface area contributed by atoms with Gasteiger partial charge in [0.25, 0.3) is 0 Å². The minimum Gasteiger partial charge on any atom is -0.378 e. The van der Waals surface area contributed by atoms with Crippen molar-refractivity contribution < 1.29 is 4.79 Å². The Labute approximate surface area is 138 Å². The number of carbonyl (C=O) groups is 1. The van der Waals surface area contributed by atoms with Crippen molar-refractivity contribution in [2.75, 3.05) is 32.6 Å². The van der Waals surface area contributed by atoms with Gasteiger partial charge in [0.05, 0.1) is 12.6 Å². The van der Waals surface area contributed by atoms with Gasteiger partial charge in [0.2, 0.25) is 5.91 Å². The zero-order valence-electron chi connectivity index (χ0n) is 14.5.